The Morgan fingerprint density at radius 1 is 1.47 bits per heavy atom. The molecule has 2 rings (SSSR count). The van der Waals surface area contributed by atoms with Gasteiger partial charge in [0.1, 0.15) is 0 Å². The quantitative estimate of drug-likeness (QED) is 0.802. The van der Waals surface area contributed by atoms with Crippen LogP contribution < -0.4 is 5.32 Å². The van der Waals surface area contributed by atoms with E-state index in [1.165, 1.54) is 30.8 Å². The molecular weight excluding hydrogens is 206 g/mol. The molecule has 0 aromatic heterocycles. The van der Waals surface area contributed by atoms with Gasteiger partial charge in [-0.15, -0.1) is 0 Å². The highest BCUT2D eigenvalue weighted by Gasteiger charge is 2.32. The topological polar surface area (TPSA) is 21.3 Å². The average molecular weight is 229 g/mol. The molecule has 0 spiro atoms. The zero-order chi connectivity index (χ0) is 10.7. The van der Waals surface area contributed by atoms with E-state index >= 15 is 0 Å². The van der Waals surface area contributed by atoms with E-state index in [-0.39, 0.29) is 0 Å². The first-order valence-corrected chi connectivity index (χ1v) is 7.27. The first kappa shape index (κ1) is 11.7. The molecule has 88 valence electrons. The molecule has 2 aliphatic heterocycles. The van der Waals surface area contributed by atoms with Crippen LogP contribution in [0.3, 0.4) is 0 Å². The highest BCUT2D eigenvalue weighted by molar-refractivity contribution is 7.99. The Morgan fingerprint density at radius 3 is 3.00 bits per heavy atom. The predicted molar refractivity (Wildman–Crippen MR) is 66.5 cm³/mol. The van der Waals surface area contributed by atoms with E-state index in [0.29, 0.717) is 17.6 Å². The maximum absolute atomic E-state index is 5.64. The Morgan fingerprint density at radius 2 is 2.33 bits per heavy atom. The van der Waals surface area contributed by atoms with Crippen molar-refractivity contribution in [3.05, 3.63) is 0 Å². The van der Waals surface area contributed by atoms with Gasteiger partial charge in [-0.25, -0.2) is 0 Å². The minimum absolute atomic E-state index is 0.462. The van der Waals surface area contributed by atoms with Crippen LogP contribution in [0.4, 0.5) is 0 Å². The van der Waals surface area contributed by atoms with Crippen LogP contribution in [0.5, 0.6) is 0 Å². The van der Waals surface area contributed by atoms with Gasteiger partial charge in [0, 0.05) is 24.9 Å². The summed E-state index contributed by atoms with van der Waals surface area (Å²) in [5, 5.41) is 3.71. The van der Waals surface area contributed by atoms with Crippen LogP contribution in [0, 0.1) is 5.41 Å². The van der Waals surface area contributed by atoms with Crippen molar-refractivity contribution in [3.63, 3.8) is 0 Å². The summed E-state index contributed by atoms with van der Waals surface area (Å²) in [6.07, 6.45) is 4.30. The van der Waals surface area contributed by atoms with E-state index < -0.39 is 0 Å². The summed E-state index contributed by atoms with van der Waals surface area (Å²) in [5.74, 6) is 2.59. The minimum Gasteiger partial charge on any atom is -0.377 e. The Bertz CT molecular complexity index is 202. The summed E-state index contributed by atoms with van der Waals surface area (Å²) < 4.78 is 5.64. The molecule has 0 saturated carbocycles. The van der Waals surface area contributed by atoms with Crippen molar-refractivity contribution in [1.82, 2.24) is 5.32 Å². The number of hydrogen-bond donors (Lipinski definition) is 1. The van der Waals surface area contributed by atoms with Crippen molar-refractivity contribution in [2.75, 3.05) is 24.7 Å². The van der Waals surface area contributed by atoms with Gasteiger partial charge in [-0.2, -0.15) is 11.8 Å². The summed E-state index contributed by atoms with van der Waals surface area (Å²) in [6, 6.07) is 0.667. The summed E-state index contributed by atoms with van der Waals surface area (Å²) in [5.41, 5.74) is 0.462. The fraction of sp³-hybridized carbons (Fsp3) is 1.00. The molecule has 0 bridgehead atoms. The minimum atomic E-state index is 0.462. The average Bonchev–Trinajstić information content (AvgIpc) is 2.68. The first-order valence-electron chi connectivity index (χ1n) is 6.11. The molecule has 0 radical (unpaired) electrons. The number of nitrogens with one attached hydrogen (secondary N) is 1. The van der Waals surface area contributed by atoms with Gasteiger partial charge >= 0.3 is 0 Å². The Balaban J connectivity index is 1.76. The molecule has 0 amide bonds. The Hall–Kier alpha value is 0.270. The molecule has 2 fully saturated rings. The smallest absolute Gasteiger partial charge is 0.0700 e. The van der Waals surface area contributed by atoms with Crippen LogP contribution in [0.1, 0.15) is 33.1 Å². The molecule has 2 unspecified atom stereocenters. The maximum atomic E-state index is 5.64. The van der Waals surface area contributed by atoms with E-state index in [1.54, 1.807) is 0 Å². The van der Waals surface area contributed by atoms with E-state index in [1.807, 2.05) is 0 Å². The third-order valence-electron chi connectivity index (χ3n) is 3.73. The molecule has 0 aliphatic carbocycles. The van der Waals surface area contributed by atoms with Gasteiger partial charge in [0.2, 0.25) is 0 Å². The predicted octanol–water partition coefficient (Wildman–Crippen LogP) is 2.29. The number of thioether (sulfide) groups is 1. The summed E-state index contributed by atoms with van der Waals surface area (Å²) in [4.78, 5) is 0. The normalized spacial score (nSPS) is 35.6. The highest BCUT2D eigenvalue weighted by atomic mass is 32.2. The first-order chi connectivity index (χ1) is 7.18. The van der Waals surface area contributed by atoms with Crippen LogP contribution in [0.2, 0.25) is 0 Å². The van der Waals surface area contributed by atoms with Crippen molar-refractivity contribution in [3.8, 4) is 0 Å². The van der Waals surface area contributed by atoms with Crippen LogP contribution >= 0.6 is 11.8 Å². The van der Waals surface area contributed by atoms with Crippen molar-refractivity contribution in [2.24, 2.45) is 5.41 Å². The zero-order valence-electron chi connectivity index (χ0n) is 9.92. The van der Waals surface area contributed by atoms with E-state index in [4.69, 9.17) is 4.74 Å². The highest BCUT2D eigenvalue weighted by Crippen LogP contribution is 2.34. The lowest BCUT2D eigenvalue weighted by atomic mass is 9.82. The van der Waals surface area contributed by atoms with Crippen molar-refractivity contribution in [2.45, 2.75) is 45.3 Å². The van der Waals surface area contributed by atoms with E-state index in [2.05, 4.69) is 30.9 Å². The Labute approximate surface area is 97.5 Å². The van der Waals surface area contributed by atoms with Gasteiger partial charge in [0.05, 0.1) is 6.10 Å². The van der Waals surface area contributed by atoms with Crippen LogP contribution in [-0.4, -0.2) is 36.8 Å². The molecule has 3 heteroatoms. The van der Waals surface area contributed by atoms with Crippen molar-refractivity contribution >= 4 is 11.8 Å². The lowest BCUT2D eigenvalue weighted by Gasteiger charge is -2.39. The molecule has 2 saturated heterocycles. The molecule has 2 nitrogen and oxygen atoms in total. The summed E-state index contributed by atoms with van der Waals surface area (Å²) in [7, 11) is 0. The second-order valence-corrected chi connectivity index (χ2v) is 6.56. The monoisotopic (exact) mass is 229 g/mol. The fourth-order valence-electron chi connectivity index (χ4n) is 2.35. The van der Waals surface area contributed by atoms with Crippen LogP contribution in [0.25, 0.3) is 0 Å². The molecule has 1 N–H and O–H groups in total. The SMILES string of the molecule is CC1(C)CCSCC1NCC1CCCO1. The van der Waals surface area contributed by atoms with Gasteiger partial charge in [-0.1, -0.05) is 13.8 Å². The molecule has 2 aliphatic rings. The number of hydrogen-bond acceptors (Lipinski definition) is 3. The van der Waals surface area contributed by atoms with Crippen LogP contribution in [-0.2, 0) is 4.74 Å². The largest absolute Gasteiger partial charge is 0.377 e. The number of ether oxygens (including phenoxy) is 1. The number of rotatable bonds is 3. The molecule has 15 heavy (non-hydrogen) atoms. The maximum Gasteiger partial charge on any atom is 0.0700 e. The summed E-state index contributed by atoms with van der Waals surface area (Å²) >= 11 is 2.08. The van der Waals surface area contributed by atoms with Gasteiger partial charge in [-0.05, 0) is 30.4 Å². The van der Waals surface area contributed by atoms with Gasteiger partial charge in [0.15, 0.2) is 0 Å². The van der Waals surface area contributed by atoms with Crippen LogP contribution in [0.15, 0.2) is 0 Å². The second-order valence-electron chi connectivity index (χ2n) is 5.41. The van der Waals surface area contributed by atoms with E-state index in [9.17, 15) is 0 Å². The molecule has 2 atom stereocenters. The molecule has 2 heterocycles. The van der Waals surface area contributed by atoms with Crippen molar-refractivity contribution in [1.29, 1.82) is 0 Å². The second kappa shape index (κ2) is 5.07. The van der Waals surface area contributed by atoms with Gasteiger partial charge in [0.25, 0.3) is 0 Å². The lowest BCUT2D eigenvalue weighted by Crippen LogP contribution is -2.48. The molecule has 0 aromatic carbocycles. The fourth-order valence-corrected chi connectivity index (χ4v) is 3.99. The Kier molecular flexibility index (Phi) is 3.97. The van der Waals surface area contributed by atoms with Crippen molar-refractivity contribution < 1.29 is 4.74 Å². The lowest BCUT2D eigenvalue weighted by molar-refractivity contribution is 0.101. The van der Waals surface area contributed by atoms with E-state index in [0.717, 1.165) is 13.2 Å². The standard InChI is InChI=1S/C12H23NOS/c1-12(2)5-7-15-9-11(12)13-8-10-4-3-6-14-10/h10-11,13H,3-9H2,1-2H3. The third-order valence-corrected chi connectivity index (χ3v) is 4.80. The van der Waals surface area contributed by atoms with Gasteiger partial charge < -0.3 is 10.1 Å². The van der Waals surface area contributed by atoms with Gasteiger partial charge in [-0.3, -0.25) is 0 Å². The molecular formula is C12H23NOS. The third kappa shape index (κ3) is 3.11. The summed E-state index contributed by atoms with van der Waals surface area (Å²) in [6.45, 7) is 6.80. The molecule has 0 aromatic rings. The zero-order valence-corrected chi connectivity index (χ0v) is 10.7.